The first kappa shape index (κ1) is 14.9. The van der Waals surface area contributed by atoms with Crippen molar-refractivity contribution in [3.63, 3.8) is 0 Å². The molecule has 2 aromatic heterocycles. The molecule has 0 saturated heterocycles. The molecule has 4 heteroatoms. The number of pyridine rings is 1. The smallest absolute Gasteiger partial charge is 0.255 e. The van der Waals surface area contributed by atoms with Crippen LogP contribution in [0.2, 0.25) is 0 Å². The molecular weight excluding hydrogens is 300 g/mol. The Labute approximate surface area is 141 Å². The molecule has 1 amide bonds. The van der Waals surface area contributed by atoms with Crippen LogP contribution in [0.1, 0.15) is 39.6 Å². The molecule has 4 nitrogen and oxygen atoms in total. The molecule has 1 aliphatic carbocycles. The first-order valence-electron chi connectivity index (χ1n) is 8.35. The highest BCUT2D eigenvalue weighted by molar-refractivity contribution is 6.07. The molecule has 0 aliphatic heterocycles. The van der Waals surface area contributed by atoms with E-state index in [2.05, 4.69) is 0 Å². The Morgan fingerprint density at radius 1 is 1.21 bits per heavy atom. The van der Waals surface area contributed by atoms with Crippen molar-refractivity contribution in [1.29, 1.82) is 0 Å². The van der Waals surface area contributed by atoms with Crippen molar-refractivity contribution in [3.8, 4) is 0 Å². The zero-order chi connectivity index (χ0) is 16.7. The summed E-state index contributed by atoms with van der Waals surface area (Å²) in [7, 11) is 1.83. The van der Waals surface area contributed by atoms with E-state index in [-0.39, 0.29) is 5.91 Å². The van der Waals surface area contributed by atoms with Crippen molar-refractivity contribution in [1.82, 2.24) is 9.88 Å². The topological polar surface area (TPSA) is 46.3 Å². The van der Waals surface area contributed by atoms with E-state index in [4.69, 9.17) is 9.40 Å². The van der Waals surface area contributed by atoms with Gasteiger partial charge in [0.2, 0.25) is 0 Å². The largest absolute Gasteiger partial charge is 0.464 e. The molecule has 0 radical (unpaired) electrons. The molecule has 3 aromatic rings. The van der Waals surface area contributed by atoms with Gasteiger partial charge in [-0.1, -0.05) is 18.2 Å². The van der Waals surface area contributed by atoms with Crippen LogP contribution < -0.4 is 0 Å². The molecule has 24 heavy (non-hydrogen) atoms. The van der Waals surface area contributed by atoms with Gasteiger partial charge in [0.15, 0.2) is 0 Å². The molecular formula is C20H20N2O2. The molecule has 0 atom stereocenters. The lowest BCUT2D eigenvalue weighted by molar-refractivity contribution is 0.0776. The highest BCUT2D eigenvalue weighted by atomic mass is 16.3. The number of carbonyl (C=O) groups excluding carboxylic acids is 1. The number of hydrogen-bond acceptors (Lipinski definition) is 3. The lowest BCUT2D eigenvalue weighted by Gasteiger charge is -2.19. The van der Waals surface area contributed by atoms with E-state index in [1.165, 1.54) is 0 Å². The normalized spacial score (nSPS) is 13.2. The predicted octanol–water partition coefficient (Wildman–Crippen LogP) is 3.90. The van der Waals surface area contributed by atoms with Gasteiger partial charge in [0.1, 0.15) is 11.5 Å². The number of benzene rings is 1. The number of para-hydroxylation sites is 1. The van der Waals surface area contributed by atoms with Crippen LogP contribution in [-0.2, 0) is 19.4 Å². The lowest BCUT2D eigenvalue weighted by atomic mass is 10.00. The van der Waals surface area contributed by atoms with Crippen molar-refractivity contribution in [2.45, 2.75) is 32.7 Å². The number of hydrogen-bond donors (Lipinski definition) is 0. The Balaban J connectivity index is 1.76. The highest BCUT2D eigenvalue weighted by Crippen LogP contribution is 2.31. The minimum absolute atomic E-state index is 0.0424. The summed E-state index contributed by atoms with van der Waals surface area (Å²) in [6.07, 6.45) is 2.96. The summed E-state index contributed by atoms with van der Waals surface area (Å²) < 4.78 is 5.61. The van der Waals surface area contributed by atoms with E-state index in [1.807, 2.05) is 50.4 Å². The minimum Gasteiger partial charge on any atom is -0.464 e. The molecule has 0 saturated carbocycles. The van der Waals surface area contributed by atoms with Crippen LogP contribution in [0.25, 0.3) is 10.9 Å². The van der Waals surface area contributed by atoms with Crippen molar-refractivity contribution in [2.24, 2.45) is 0 Å². The third-order valence-electron chi connectivity index (χ3n) is 4.67. The highest BCUT2D eigenvalue weighted by Gasteiger charge is 2.25. The standard InChI is InChI=1S/C20H20N2O2/c1-13-10-11-14(24-13)12-22(2)20(23)19-15-6-3-4-8-17(15)21-18-9-5-7-16(18)19/h3-4,6,8,10-11H,5,7,9,12H2,1-2H3. The zero-order valence-corrected chi connectivity index (χ0v) is 14.0. The zero-order valence-electron chi connectivity index (χ0n) is 14.0. The third-order valence-corrected chi connectivity index (χ3v) is 4.67. The fraction of sp³-hybridized carbons (Fsp3) is 0.300. The fourth-order valence-electron chi connectivity index (χ4n) is 3.52. The van der Waals surface area contributed by atoms with Crippen molar-refractivity contribution < 1.29 is 9.21 Å². The molecule has 0 spiro atoms. The van der Waals surface area contributed by atoms with Crippen LogP contribution in [0.5, 0.6) is 0 Å². The molecule has 0 N–H and O–H groups in total. The van der Waals surface area contributed by atoms with Crippen LogP contribution in [0.4, 0.5) is 0 Å². The summed E-state index contributed by atoms with van der Waals surface area (Å²) in [5.41, 5.74) is 3.93. The maximum atomic E-state index is 13.2. The Morgan fingerprint density at radius 2 is 2.04 bits per heavy atom. The van der Waals surface area contributed by atoms with E-state index in [9.17, 15) is 4.79 Å². The molecule has 122 valence electrons. The maximum Gasteiger partial charge on any atom is 0.255 e. The first-order chi connectivity index (χ1) is 11.6. The van der Waals surface area contributed by atoms with Gasteiger partial charge in [-0.2, -0.15) is 0 Å². The van der Waals surface area contributed by atoms with Gasteiger partial charge in [0, 0.05) is 18.1 Å². The number of aromatic nitrogens is 1. The van der Waals surface area contributed by atoms with Gasteiger partial charge in [-0.3, -0.25) is 9.78 Å². The van der Waals surface area contributed by atoms with Crippen LogP contribution in [-0.4, -0.2) is 22.8 Å². The quantitative estimate of drug-likeness (QED) is 0.735. The van der Waals surface area contributed by atoms with Crippen molar-refractivity contribution >= 4 is 16.8 Å². The van der Waals surface area contributed by atoms with Crippen molar-refractivity contribution in [2.75, 3.05) is 7.05 Å². The molecule has 0 fully saturated rings. The molecule has 4 rings (SSSR count). The fourth-order valence-corrected chi connectivity index (χ4v) is 3.52. The Morgan fingerprint density at radius 3 is 2.83 bits per heavy atom. The number of furan rings is 1. The predicted molar refractivity (Wildman–Crippen MR) is 93.0 cm³/mol. The summed E-state index contributed by atoms with van der Waals surface area (Å²) in [5.74, 6) is 1.71. The van der Waals surface area contributed by atoms with E-state index in [0.717, 1.165) is 58.5 Å². The van der Waals surface area contributed by atoms with Gasteiger partial charge in [-0.25, -0.2) is 0 Å². The Bertz CT molecular complexity index is 927. The summed E-state index contributed by atoms with van der Waals surface area (Å²) in [6.45, 7) is 2.38. The van der Waals surface area contributed by atoms with E-state index >= 15 is 0 Å². The van der Waals surface area contributed by atoms with E-state index in [1.54, 1.807) is 4.90 Å². The van der Waals surface area contributed by atoms with E-state index in [0.29, 0.717) is 6.54 Å². The Hall–Kier alpha value is -2.62. The van der Waals surface area contributed by atoms with E-state index < -0.39 is 0 Å². The number of fused-ring (bicyclic) bond motifs is 2. The molecule has 1 aliphatic rings. The lowest BCUT2D eigenvalue weighted by Crippen LogP contribution is -2.27. The van der Waals surface area contributed by atoms with Gasteiger partial charge in [-0.15, -0.1) is 0 Å². The summed E-state index contributed by atoms with van der Waals surface area (Å²) in [5, 5.41) is 0.950. The molecule has 2 heterocycles. The molecule has 0 unspecified atom stereocenters. The second kappa shape index (κ2) is 5.78. The first-order valence-corrected chi connectivity index (χ1v) is 8.35. The summed E-state index contributed by atoms with van der Waals surface area (Å²) in [6, 6.07) is 11.8. The molecule has 1 aromatic carbocycles. The van der Waals surface area contributed by atoms with Crippen molar-refractivity contribution in [3.05, 3.63) is 64.7 Å². The average Bonchev–Trinajstić information content (AvgIpc) is 3.20. The van der Waals surface area contributed by atoms with Gasteiger partial charge < -0.3 is 9.32 Å². The number of aryl methyl sites for hydroxylation is 2. The summed E-state index contributed by atoms with van der Waals surface area (Å²) in [4.78, 5) is 19.7. The number of carbonyl (C=O) groups is 1. The number of amides is 1. The van der Waals surface area contributed by atoms with Gasteiger partial charge in [-0.05, 0) is 49.9 Å². The summed E-state index contributed by atoms with van der Waals surface area (Å²) >= 11 is 0. The number of rotatable bonds is 3. The minimum atomic E-state index is 0.0424. The SMILES string of the molecule is Cc1ccc(CN(C)C(=O)c2c3c(nc4ccccc24)CCC3)o1. The van der Waals surface area contributed by atoms with Crippen LogP contribution >= 0.6 is 0 Å². The molecule has 0 bridgehead atoms. The van der Waals surface area contributed by atoms with Gasteiger partial charge >= 0.3 is 0 Å². The van der Waals surface area contributed by atoms with Gasteiger partial charge in [0.05, 0.1) is 17.6 Å². The van der Waals surface area contributed by atoms with Crippen LogP contribution in [0, 0.1) is 6.92 Å². The number of nitrogens with zero attached hydrogens (tertiary/aromatic N) is 2. The van der Waals surface area contributed by atoms with Gasteiger partial charge in [0.25, 0.3) is 5.91 Å². The third kappa shape index (κ3) is 2.48. The van der Waals surface area contributed by atoms with Crippen LogP contribution in [0.15, 0.2) is 40.8 Å². The average molecular weight is 320 g/mol. The Kier molecular flexibility index (Phi) is 3.60. The maximum absolute atomic E-state index is 13.2. The second-order valence-electron chi connectivity index (χ2n) is 6.46. The van der Waals surface area contributed by atoms with Crippen LogP contribution in [0.3, 0.4) is 0 Å². The second-order valence-corrected chi connectivity index (χ2v) is 6.46. The monoisotopic (exact) mass is 320 g/mol.